The molecule has 0 spiro atoms. The van der Waals surface area contributed by atoms with E-state index in [0.717, 1.165) is 12.8 Å². The van der Waals surface area contributed by atoms with E-state index in [9.17, 15) is 9.90 Å². The fraction of sp³-hybridized carbons (Fsp3) is 0.450. The van der Waals surface area contributed by atoms with Crippen LogP contribution in [-0.2, 0) is 4.74 Å². The third-order valence-corrected chi connectivity index (χ3v) is 6.52. The Morgan fingerprint density at radius 1 is 1.43 bits per heavy atom. The smallest absolute Gasteiger partial charge is 0.263 e. The Balaban J connectivity index is 1.77. The number of carbonyl (C=O) groups is 1. The third kappa shape index (κ3) is 4.02. The largest absolute Gasteiger partial charge is 0.507 e. The second-order valence-corrected chi connectivity index (χ2v) is 8.19. The summed E-state index contributed by atoms with van der Waals surface area (Å²) < 4.78 is 5.48. The minimum atomic E-state index is -0.145. The van der Waals surface area contributed by atoms with Gasteiger partial charge in [0.15, 0.2) is 0 Å². The Hall–Kier alpha value is -2.47. The number of hydrogen-bond donors (Lipinski definition) is 2. The number of likely N-dealkylation sites (N-methyl/N-ethyl adjacent to an activating group) is 1. The molecule has 1 aromatic heterocycles. The van der Waals surface area contributed by atoms with Gasteiger partial charge < -0.3 is 20.1 Å². The van der Waals surface area contributed by atoms with Crippen molar-refractivity contribution in [2.45, 2.75) is 25.3 Å². The molecule has 0 bridgehead atoms. The summed E-state index contributed by atoms with van der Waals surface area (Å²) in [4.78, 5) is 20.0. The Morgan fingerprint density at radius 3 is 2.79 bits per heavy atom. The van der Waals surface area contributed by atoms with Gasteiger partial charge in [-0.3, -0.25) is 4.79 Å². The molecule has 28 heavy (non-hydrogen) atoms. The van der Waals surface area contributed by atoms with Crippen LogP contribution in [0.4, 0.5) is 0 Å². The van der Waals surface area contributed by atoms with Crippen molar-refractivity contribution in [3.05, 3.63) is 34.3 Å². The second-order valence-electron chi connectivity index (χ2n) is 7.19. The Labute approximate surface area is 168 Å². The molecule has 0 atom stereocenters. The first-order chi connectivity index (χ1) is 13.4. The number of aromatic hydroxyl groups is 1. The lowest BCUT2D eigenvalue weighted by Crippen LogP contribution is -2.55. The lowest BCUT2D eigenvalue weighted by Gasteiger charge is -2.42. The zero-order valence-electron chi connectivity index (χ0n) is 16.3. The number of nitriles is 1. The van der Waals surface area contributed by atoms with Crippen molar-refractivity contribution in [3.8, 4) is 22.4 Å². The molecular formula is C20H24N4O3S. The minimum absolute atomic E-state index is 0.0667. The van der Waals surface area contributed by atoms with E-state index < -0.39 is 0 Å². The van der Waals surface area contributed by atoms with Gasteiger partial charge in [-0.25, -0.2) is 4.98 Å². The number of phenolic OH excluding ortho intramolecular Hbond substituents is 1. The summed E-state index contributed by atoms with van der Waals surface area (Å²) in [5.74, 6) is -0.212. The first-order valence-electron chi connectivity index (χ1n) is 9.10. The van der Waals surface area contributed by atoms with Gasteiger partial charge in [0, 0.05) is 30.9 Å². The molecule has 2 heterocycles. The zero-order chi connectivity index (χ0) is 20.3. The van der Waals surface area contributed by atoms with E-state index in [2.05, 4.69) is 15.2 Å². The molecule has 2 aromatic rings. The van der Waals surface area contributed by atoms with Gasteiger partial charge in [-0.1, -0.05) is 0 Å². The maximum atomic E-state index is 12.8. The van der Waals surface area contributed by atoms with Crippen molar-refractivity contribution < 1.29 is 14.6 Å². The molecule has 8 heteroatoms. The zero-order valence-corrected chi connectivity index (χ0v) is 17.1. The number of thiazole rings is 1. The molecule has 0 unspecified atom stereocenters. The van der Waals surface area contributed by atoms with Crippen LogP contribution >= 0.6 is 11.3 Å². The van der Waals surface area contributed by atoms with Gasteiger partial charge in [-0.15, -0.1) is 11.3 Å². The summed E-state index contributed by atoms with van der Waals surface area (Å²) in [7, 11) is 4.07. The van der Waals surface area contributed by atoms with Crippen LogP contribution < -0.4 is 5.32 Å². The van der Waals surface area contributed by atoms with Gasteiger partial charge in [0.05, 0.1) is 11.3 Å². The van der Waals surface area contributed by atoms with Gasteiger partial charge in [-0.2, -0.15) is 5.26 Å². The number of amides is 1. The molecule has 0 radical (unpaired) electrons. The average Bonchev–Trinajstić information content (AvgIpc) is 3.09. The van der Waals surface area contributed by atoms with E-state index in [1.54, 1.807) is 19.1 Å². The number of nitrogens with zero attached hydrogens (tertiary/aromatic N) is 3. The molecule has 0 aliphatic carbocycles. The van der Waals surface area contributed by atoms with E-state index in [1.165, 1.54) is 17.4 Å². The second kappa shape index (κ2) is 8.27. The number of phenols is 1. The highest BCUT2D eigenvalue weighted by Crippen LogP contribution is 2.31. The number of ether oxygens (including phenoxy) is 1. The summed E-state index contributed by atoms with van der Waals surface area (Å²) in [6, 6.07) is 6.70. The lowest BCUT2D eigenvalue weighted by molar-refractivity contribution is -0.00656. The van der Waals surface area contributed by atoms with Crippen molar-refractivity contribution in [1.29, 1.82) is 5.26 Å². The molecule has 3 rings (SSSR count). The van der Waals surface area contributed by atoms with Gasteiger partial charge >= 0.3 is 0 Å². The van der Waals surface area contributed by atoms with Crippen molar-refractivity contribution in [3.63, 3.8) is 0 Å². The Kier molecular flexibility index (Phi) is 5.98. The molecule has 1 aliphatic heterocycles. The minimum Gasteiger partial charge on any atom is -0.507 e. The Morgan fingerprint density at radius 2 is 2.14 bits per heavy atom. The van der Waals surface area contributed by atoms with E-state index >= 15 is 0 Å². The molecule has 1 fully saturated rings. The fourth-order valence-corrected chi connectivity index (χ4v) is 4.33. The SMILES string of the molecule is Cc1nc(-c2ccc(O)c(C#N)c2)sc1C(=O)NCC1(N(C)C)CCOCC1. The van der Waals surface area contributed by atoms with Gasteiger partial charge in [0.2, 0.25) is 0 Å². The van der Waals surface area contributed by atoms with Crippen molar-refractivity contribution in [1.82, 2.24) is 15.2 Å². The van der Waals surface area contributed by atoms with E-state index in [1.807, 2.05) is 20.2 Å². The number of aromatic nitrogens is 1. The molecule has 1 saturated heterocycles. The maximum absolute atomic E-state index is 12.8. The third-order valence-electron chi connectivity index (χ3n) is 5.32. The predicted molar refractivity (Wildman–Crippen MR) is 107 cm³/mol. The van der Waals surface area contributed by atoms with Crippen LogP contribution in [0.5, 0.6) is 5.75 Å². The average molecular weight is 401 g/mol. The highest BCUT2D eigenvalue weighted by Gasteiger charge is 2.35. The number of carbonyl (C=O) groups excluding carboxylic acids is 1. The van der Waals surface area contributed by atoms with Crippen LogP contribution in [0.25, 0.3) is 10.6 Å². The number of benzene rings is 1. The van der Waals surface area contributed by atoms with E-state index in [0.29, 0.717) is 40.9 Å². The topological polar surface area (TPSA) is 98.5 Å². The summed E-state index contributed by atoms with van der Waals surface area (Å²) in [5, 5.41) is 22.5. The van der Waals surface area contributed by atoms with Gasteiger partial charge in [0.1, 0.15) is 21.7 Å². The summed E-state index contributed by atoms with van der Waals surface area (Å²) in [5.41, 5.74) is 1.43. The highest BCUT2D eigenvalue weighted by atomic mass is 32.1. The highest BCUT2D eigenvalue weighted by molar-refractivity contribution is 7.17. The standard InChI is InChI=1S/C20H24N4O3S/c1-13-17(18(26)22-12-20(24(2)3)6-8-27-9-7-20)28-19(23-13)14-4-5-16(25)15(10-14)11-21/h4-5,10,25H,6-9,12H2,1-3H3,(H,22,26). The summed E-state index contributed by atoms with van der Waals surface area (Å²) in [6.07, 6.45) is 1.75. The monoisotopic (exact) mass is 400 g/mol. The molecule has 1 amide bonds. The van der Waals surface area contributed by atoms with Crippen molar-refractivity contribution in [2.24, 2.45) is 0 Å². The molecule has 1 aliphatic rings. The first kappa shape index (κ1) is 20.3. The molecule has 7 nitrogen and oxygen atoms in total. The normalized spacial score (nSPS) is 16.0. The number of rotatable bonds is 5. The van der Waals surface area contributed by atoms with E-state index in [4.69, 9.17) is 10.00 Å². The van der Waals surface area contributed by atoms with E-state index in [-0.39, 0.29) is 22.8 Å². The van der Waals surface area contributed by atoms with Crippen LogP contribution in [0.1, 0.15) is 33.8 Å². The number of nitrogens with one attached hydrogen (secondary N) is 1. The fourth-order valence-electron chi connectivity index (χ4n) is 3.35. The maximum Gasteiger partial charge on any atom is 0.263 e. The molecule has 1 aromatic carbocycles. The summed E-state index contributed by atoms with van der Waals surface area (Å²) in [6.45, 7) is 3.74. The number of aryl methyl sites for hydroxylation is 1. The lowest BCUT2D eigenvalue weighted by atomic mass is 9.88. The first-order valence-corrected chi connectivity index (χ1v) is 9.92. The Bertz CT molecular complexity index is 911. The number of hydrogen-bond acceptors (Lipinski definition) is 7. The van der Waals surface area contributed by atoms with Gasteiger partial charge in [0.25, 0.3) is 5.91 Å². The summed E-state index contributed by atoms with van der Waals surface area (Å²) >= 11 is 1.29. The molecular weight excluding hydrogens is 376 g/mol. The predicted octanol–water partition coefficient (Wildman–Crippen LogP) is 2.54. The van der Waals surface area contributed by atoms with Crippen LogP contribution in [-0.4, -0.2) is 60.3 Å². The van der Waals surface area contributed by atoms with Crippen molar-refractivity contribution in [2.75, 3.05) is 33.9 Å². The van der Waals surface area contributed by atoms with Crippen LogP contribution in [0.2, 0.25) is 0 Å². The van der Waals surface area contributed by atoms with Crippen LogP contribution in [0, 0.1) is 18.3 Å². The molecule has 148 valence electrons. The van der Waals surface area contributed by atoms with Crippen molar-refractivity contribution >= 4 is 17.2 Å². The molecule has 2 N–H and O–H groups in total. The van der Waals surface area contributed by atoms with Crippen LogP contribution in [0.3, 0.4) is 0 Å². The molecule has 0 saturated carbocycles. The van der Waals surface area contributed by atoms with Gasteiger partial charge in [-0.05, 0) is 52.1 Å². The quantitative estimate of drug-likeness (QED) is 0.800. The van der Waals surface area contributed by atoms with Crippen LogP contribution in [0.15, 0.2) is 18.2 Å².